The van der Waals surface area contributed by atoms with Gasteiger partial charge < -0.3 is 38.8 Å². The van der Waals surface area contributed by atoms with Crippen molar-refractivity contribution in [3.05, 3.63) is 106 Å². The maximum atomic E-state index is 14.9. The highest BCUT2D eigenvalue weighted by atomic mass is 31.2. The number of rotatable bonds is 16. The number of carbonyl (C=O) groups excluding carboxylic acids is 1. The maximum absolute atomic E-state index is 14.9. The minimum absolute atomic E-state index is 0.0128. The molecule has 0 aliphatic carbocycles. The van der Waals surface area contributed by atoms with E-state index in [-0.39, 0.29) is 58.1 Å². The minimum Gasteiger partial charge on any atom is -0.496 e. The molecule has 0 aliphatic heterocycles. The molecule has 3 N–H and O–H groups in total. The topological polar surface area (TPSA) is 142 Å². The van der Waals surface area contributed by atoms with Crippen LogP contribution >= 0.6 is 7.82 Å². The summed E-state index contributed by atoms with van der Waals surface area (Å²) in [6, 6.07) is 7.44. The first-order valence-corrected chi connectivity index (χ1v) is 19.2. The van der Waals surface area contributed by atoms with Crippen LogP contribution in [0.5, 0.6) is 23.0 Å². The molecule has 11 nitrogen and oxygen atoms in total. The zero-order valence-corrected chi connectivity index (χ0v) is 33.5. The van der Waals surface area contributed by atoms with Crippen molar-refractivity contribution in [3.8, 4) is 34.1 Å². The molecule has 0 radical (unpaired) electrons. The Labute approximate surface area is 341 Å². The Morgan fingerprint density at radius 2 is 1.33 bits per heavy atom. The Balaban J connectivity index is 1.75. The number of carbonyl (C=O) groups is 1. The molecule has 2 atom stereocenters. The third-order valence-corrected chi connectivity index (χ3v) is 9.35. The van der Waals surface area contributed by atoms with Gasteiger partial charge in [0.2, 0.25) is 0 Å². The second kappa shape index (κ2) is 19.3. The van der Waals surface area contributed by atoms with E-state index in [0.717, 1.165) is 43.5 Å². The van der Waals surface area contributed by atoms with Gasteiger partial charge in [-0.25, -0.2) is 13.8 Å². The van der Waals surface area contributed by atoms with E-state index < -0.39 is 91.6 Å². The van der Waals surface area contributed by atoms with E-state index in [1.165, 1.54) is 26.2 Å². The Hall–Kier alpha value is -5.08. The number of methoxy groups -OCH3 is 2. The highest BCUT2D eigenvalue weighted by molar-refractivity contribution is 7.46. The Morgan fingerprint density at radius 1 is 0.721 bits per heavy atom. The summed E-state index contributed by atoms with van der Waals surface area (Å²) in [5.74, 6) is -1.71. The summed E-state index contributed by atoms with van der Waals surface area (Å²) in [6.07, 6.45) is -19.3. The molecule has 4 aromatic carbocycles. The van der Waals surface area contributed by atoms with E-state index in [1.54, 1.807) is 13.8 Å². The van der Waals surface area contributed by atoms with Crippen LogP contribution in [0.25, 0.3) is 11.1 Å². The molecule has 4 rings (SSSR count). The summed E-state index contributed by atoms with van der Waals surface area (Å²) in [5, 5.41) is 2.74. The van der Waals surface area contributed by atoms with Gasteiger partial charge in [-0.1, -0.05) is 19.9 Å². The van der Waals surface area contributed by atoms with Crippen molar-refractivity contribution in [2.75, 3.05) is 27.4 Å². The van der Waals surface area contributed by atoms with Crippen LogP contribution in [-0.2, 0) is 38.9 Å². The lowest BCUT2D eigenvalue weighted by atomic mass is 9.92. The third kappa shape index (κ3) is 13.2. The molecule has 0 heterocycles. The van der Waals surface area contributed by atoms with Gasteiger partial charge in [0, 0.05) is 30.3 Å². The first kappa shape index (κ1) is 48.6. The molecule has 0 aliphatic rings. The van der Waals surface area contributed by atoms with E-state index in [2.05, 4.69) is 9.84 Å². The first-order valence-electron chi connectivity index (χ1n) is 17.7. The van der Waals surface area contributed by atoms with Gasteiger partial charge in [0.25, 0.3) is 0 Å². The monoisotopic (exact) mass is 901 g/mol. The molecule has 0 spiro atoms. The van der Waals surface area contributed by atoms with Gasteiger partial charge in [0.15, 0.2) is 11.5 Å². The van der Waals surface area contributed by atoms with Crippen molar-refractivity contribution >= 4 is 14.0 Å². The minimum atomic E-state index is -5.33. The SMILES string of the molecule is COc1cc(OCCOP(=O)(O)O)ccc1OC(=O)O[C@H](c1cc(C(F)(F)F)cc(C(F)(F)F)c1)[C@H](C)NCc1cc(C(F)(F)F)ccc1-c1cc(C(C)C)c(F)cc1OC. The summed E-state index contributed by atoms with van der Waals surface area (Å²) in [5.41, 5.74) is -5.17. The second-order valence-corrected chi connectivity index (χ2v) is 14.7. The molecule has 61 heavy (non-hydrogen) atoms. The van der Waals surface area contributed by atoms with Gasteiger partial charge in [-0.15, -0.1) is 0 Å². The predicted molar refractivity (Wildman–Crippen MR) is 197 cm³/mol. The summed E-state index contributed by atoms with van der Waals surface area (Å²) in [7, 11) is -2.47. The van der Waals surface area contributed by atoms with E-state index >= 15 is 0 Å². The van der Waals surface area contributed by atoms with Crippen molar-refractivity contribution in [1.82, 2.24) is 5.32 Å². The molecule has 0 saturated carbocycles. The molecule has 22 heteroatoms. The zero-order chi connectivity index (χ0) is 45.7. The number of nitrogens with one attached hydrogen (secondary N) is 1. The normalized spacial score (nSPS) is 13.5. The molecule has 334 valence electrons. The number of phosphoric acid groups is 1. The molecule has 0 saturated heterocycles. The second-order valence-electron chi connectivity index (χ2n) is 13.5. The smallest absolute Gasteiger partial charge is 0.496 e. The van der Waals surface area contributed by atoms with Gasteiger partial charge in [-0.2, -0.15) is 39.5 Å². The Morgan fingerprint density at radius 3 is 1.87 bits per heavy atom. The van der Waals surface area contributed by atoms with Crippen LogP contribution in [0.4, 0.5) is 48.7 Å². The van der Waals surface area contributed by atoms with Crippen LogP contribution in [0.2, 0.25) is 0 Å². The van der Waals surface area contributed by atoms with Gasteiger partial charge in [0.05, 0.1) is 37.5 Å². The highest BCUT2D eigenvalue weighted by Gasteiger charge is 2.39. The summed E-state index contributed by atoms with van der Waals surface area (Å²) >= 11 is 0. The van der Waals surface area contributed by atoms with Crippen LogP contribution in [0, 0.1) is 5.82 Å². The molecular weight excluding hydrogens is 863 g/mol. The lowest BCUT2D eigenvalue weighted by molar-refractivity contribution is -0.143. The Bertz CT molecular complexity index is 2190. The summed E-state index contributed by atoms with van der Waals surface area (Å²) in [4.78, 5) is 30.9. The van der Waals surface area contributed by atoms with E-state index in [0.29, 0.717) is 12.1 Å². The fourth-order valence-electron chi connectivity index (χ4n) is 5.91. The average Bonchev–Trinajstić information content (AvgIpc) is 3.16. The lowest BCUT2D eigenvalue weighted by Crippen LogP contribution is -2.35. The number of benzene rings is 4. The average molecular weight is 902 g/mol. The van der Waals surface area contributed by atoms with Crippen LogP contribution < -0.4 is 24.3 Å². The molecule has 4 aromatic rings. The fraction of sp³-hybridized carbons (Fsp3) is 0.359. The fourth-order valence-corrected chi connectivity index (χ4v) is 6.22. The van der Waals surface area contributed by atoms with E-state index in [4.69, 9.17) is 33.5 Å². The number of hydrogen-bond donors (Lipinski definition) is 3. The van der Waals surface area contributed by atoms with Crippen molar-refractivity contribution < 1.29 is 91.3 Å². The van der Waals surface area contributed by atoms with Crippen molar-refractivity contribution in [1.29, 1.82) is 0 Å². The van der Waals surface area contributed by atoms with E-state index in [9.17, 15) is 53.3 Å². The van der Waals surface area contributed by atoms with Crippen LogP contribution in [0.1, 0.15) is 66.2 Å². The largest absolute Gasteiger partial charge is 0.514 e. The van der Waals surface area contributed by atoms with Crippen molar-refractivity contribution in [2.24, 2.45) is 0 Å². The molecule has 0 fully saturated rings. The van der Waals surface area contributed by atoms with E-state index in [1.807, 2.05) is 0 Å². The first-order chi connectivity index (χ1) is 28.2. The van der Waals surface area contributed by atoms with Gasteiger partial charge in [-0.3, -0.25) is 4.52 Å². The quantitative estimate of drug-likeness (QED) is 0.0325. The highest BCUT2D eigenvalue weighted by Crippen LogP contribution is 2.42. The van der Waals surface area contributed by atoms with Crippen LogP contribution in [0.3, 0.4) is 0 Å². The third-order valence-electron chi connectivity index (χ3n) is 8.83. The van der Waals surface area contributed by atoms with Crippen LogP contribution in [0.15, 0.2) is 66.7 Å². The Kier molecular flexibility index (Phi) is 15.4. The van der Waals surface area contributed by atoms with Gasteiger partial charge in [0.1, 0.15) is 30.0 Å². The number of phosphoric ester groups is 1. The van der Waals surface area contributed by atoms with Crippen LogP contribution in [-0.4, -0.2) is 49.4 Å². The lowest BCUT2D eigenvalue weighted by Gasteiger charge is -2.27. The maximum Gasteiger partial charge on any atom is 0.514 e. The van der Waals surface area contributed by atoms with Crippen molar-refractivity contribution in [3.63, 3.8) is 0 Å². The molecular formula is C39H38F10NO10P. The summed E-state index contributed by atoms with van der Waals surface area (Å²) < 4.78 is 182. The number of ether oxygens (including phenoxy) is 5. The standard InChI is InChI=1S/C39H38F10NO10P/c1-20(2)29-17-30(33(55-4)18-31(29)40)28-8-6-24(37(41,42)43)14-23(28)19-50-21(3)35(22-12-25(38(44,45)46)15-26(13-22)39(47,48)49)60-36(51)59-32-9-7-27(16-34(32)56-5)57-10-11-58-61(52,53)54/h6-9,12-18,20-21,35,50H,10-11,19H2,1-5H3,(H2,52,53,54)/t21-,35-/m0/s1. The number of hydrogen-bond acceptors (Lipinski definition) is 9. The van der Waals surface area contributed by atoms with Gasteiger partial charge in [-0.05, 0) is 83.6 Å². The molecule has 0 amide bonds. The van der Waals surface area contributed by atoms with Crippen molar-refractivity contribution in [2.45, 2.75) is 63.9 Å². The number of alkyl halides is 9. The molecule has 0 bridgehead atoms. The summed E-state index contributed by atoms with van der Waals surface area (Å²) in [6.45, 7) is 3.05. The molecule has 0 unspecified atom stereocenters. The number of halogens is 10. The predicted octanol–water partition coefficient (Wildman–Crippen LogP) is 10.6. The molecule has 0 aromatic heterocycles. The van der Waals surface area contributed by atoms with Gasteiger partial charge >= 0.3 is 32.5 Å². The zero-order valence-electron chi connectivity index (χ0n) is 32.6.